The normalized spacial score (nSPS) is 15.0. The predicted molar refractivity (Wildman–Crippen MR) is 79.4 cm³/mol. The van der Waals surface area contributed by atoms with Crippen LogP contribution < -0.4 is 10.0 Å². The first kappa shape index (κ1) is 15.9. The van der Waals surface area contributed by atoms with Crippen LogP contribution in [0.1, 0.15) is 24.8 Å². The Bertz CT molecular complexity index is 599. The van der Waals surface area contributed by atoms with E-state index in [2.05, 4.69) is 10.0 Å². The highest BCUT2D eigenvalue weighted by atomic mass is 32.2. The minimum absolute atomic E-state index is 0.168. The van der Waals surface area contributed by atoms with Gasteiger partial charge in [-0.05, 0) is 25.8 Å². The average Bonchev–Trinajstić information content (AvgIpc) is 3.22. The van der Waals surface area contributed by atoms with Crippen LogP contribution in [0.5, 0.6) is 0 Å². The van der Waals surface area contributed by atoms with E-state index in [-0.39, 0.29) is 17.0 Å². The molecule has 0 spiro atoms. The lowest BCUT2D eigenvalue weighted by atomic mass is 10.2. The average molecular weight is 313 g/mol. The maximum Gasteiger partial charge on any atom is 0.273 e. The first-order valence-corrected chi connectivity index (χ1v) is 8.56. The summed E-state index contributed by atoms with van der Waals surface area (Å²) in [7, 11) is -3.56. The topological polar surface area (TPSA) is 101 Å². The highest BCUT2D eigenvalue weighted by Gasteiger charge is 2.20. The zero-order chi connectivity index (χ0) is 15.3. The third-order valence-corrected chi connectivity index (χ3v) is 4.55. The molecule has 1 aromatic rings. The molecule has 0 amide bonds. The van der Waals surface area contributed by atoms with E-state index in [1.807, 2.05) is 0 Å². The van der Waals surface area contributed by atoms with Gasteiger partial charge in [-0.25, -0.2) is 13.1 Å². The third-order valence-electron chi connectivity index (χ3n) is 3.22. The standard InChI is InChI=1S/C13H19N3O4S/c17-16(18)13-5-2-1-4-11(13)10-21(19,20)15-9-3-8-14-12-6-7-12/h1-2,4-5,12,14-15H,3,6-10H2. The van der Waals surface area contributed by atoms with E-state index < -0.39 is 14.9 Å². The van der Waals surface area contributed by atoms with Crippen molar-refractivity contribution in [1.29, 1.82) is 0 Å². The fourth-order valence-electron chi connectivity index (χ4n) is 1.98. The number of hydrogen-bond acceptors (Lipinski definition) is 5. The summed E-state index contributed by atoms with van der Waals surface area (Å²) < 4.78 is 26.3. The summed E-state index contributed by atoms with van der Waals surface area (Å²) in [6.07, 6.45) is 3.10. The molecule has 0 heterocycles. The Morgan fingerprint density at radius 1 is 1.24 bits per heavy atom. The molecular formula is C13H19N3O4S. The minimum atomic E-state index is -3.56. The molecule has 0 radical (unpaired) electrons. The van der Waals surface area contributed by atoms with Crippen LogP contribution in [-0.4, -0.2) is 32.5 Å². The minimum Gasteiger partial charge on any atom is -0.314 e. The van der Waals surface area contributed by atoms with Crippen molar-refractivity contribution in [3.05, 3.63) is 39.9 Å². The van der Waals surface area contributed by atoms with Gasteiger partial charge < -0.3 is 5.32 Å². The van der Waals surface area contributed by atoms with Crippen molar-refractivity contribution >= 4 is 15.7 Å². The molecule has 0 bridgehead atoms. The smallest absolute Gasteiger partial charge is 0.273 e. The Labute approximate surface area is 123 Å². The summed E-state index contributed by atoms with van der Waals surface area (Å²) in [6.45, 7) is 1.11. The lowest BCUT2D eigenvalue weighted by molar-refractivity contribution is -0.385. The van der Waals surface area contributed by atoms with Crippen molar-refractivity contribution in [1.82, 2.24) is 10.0 Å². The van der Waals surface area contributed by atoms with Crippen LogP contribution in [0.2, 0.25) is 0 Å². The first-order chi connectivity index (χ1) is 9.98. The van der Waals surface area contributed by atoms with E-state index in [9.17, 15) is 18.5 Å². The Kier molecular flexibility index (Phi) is 5.27. The Morgan fingerprint density at radius 2 is 1.95 bits per heavy atom. The zero-order valence-corrected chi connectivity index (χ0v) is 12.4. The molecule has 1 saturated carbocycles. The summed E-state index contributed by atoms with van der Waals surface area (Å²) in [5.74, 6) is -0.375. The van der Waals surface area contributed by atoms with E-state index in [0.29, 0.717) is 19.0 Å². The van der Waals surface area contributed by atoms with Gasteiger partial charge in [0.15, 0.2) is 0 Å². The molecule has 0 saturated heterocycles. The third kappa shape index (κ3) is 5.41. The van der Waals surface area contributed by atoms with Crippen LogP contribution >= 0.6 is 0 Å². The Balaban J connectivity index is 1.83. The molecule has 1 aliphatic rings. The number of hydrogen-bond donors (Lipinski definition) is 2. The maximum absolute atomic E-state index is 11.9. The summed E-state index contributed by atoms with van der Waals surface area (Å²) in [5.41, 5.74) is 0.0318. The van der Waals surface area contributed by atoms with Gasteiger partial charge in [-0.3, -0.25) is 10.1 Å². The van der Waals surface area contributed by atoms with Gasteiger partial charge in [0.2, 0.25) is 10.0 Å². The number of nitro benzene ring substituents is 1. The highest BCUT2D eigenvalue weighted by molar-refractivity contribution is 7.88. The van der Waals surface area contributed by atoms with Gasteiger partial charge in [0, 0.05) is 24.2 Å². The Hall–Kier alpha value is -1.51. The van der Waals surface area contributed by atoms with Crippen molar-refractivity contribution in [3.8, 4) is 0 Å². The summed E-state index contributed by atoms with van der Waals surface area (Å²) in [5, 5.41) is 14.2. The molecule has 0 aromatic heterocycles. The lowest BCUT2D eigenvalue weighted by Gasteiger charge is -2.07. The molecule has 1 aromatic carbocycles. The van der Waals surface area contributed by atoms with Crippen LogP contribution in [0.4, 0.5) is 5.69 Å². The van der Waals surface area contributed by atoms with Crippen LogP contribution in [0, 0.1) is 10.1 Å². The van der Waals surface area contributed by atoms with E-state index in [1.165, 1.54) is 31.0 Å². The van der Waals surface area contributed by atoms with Gasteiger partial charge in [-0.2, -0.15) is 0 Å². The molecule has 7 nitrogen and oxygen atoms in total. The second-order valence-electron chi connectivity index (χ2n) is 5.12. The van der Waals surface area contributed by atoms with Gasteiger partial charge in [-0.1, -0.05) is 18.2 Å². The van der Waals surface area contributed by atoms with E-state index >= 15 is 0 Å². The second-order valence-corrected chi connectivity index (χ2v) is 6.93. The fraction of sp³-hybridized carbons (Fsp3) is 0.538. The highest BCUT2D eigenvalue weighted by Crippen LogP contribution is 2.20. The second kappa shape index (κ2) is 6.97. The van der Waals surface area contributed by atoms with Crippen molar-refractivity contribution in [3.63, 3.8) is 0 Å². The first-order valence-electron chi connectivity index (χ1n) is 6.91. The molecule has 0 unspecified atom stereocenters. The maximum atomic E-state index is 11.9. The number of sulfonamides is 1. The van der Waals surface area contributed by atoms with Gasteiger partial charge in [0.05, 0.1) is 10.7 Å². The van der Waals surface area contributed by atoms with Crippen LogP contribution in [-0.2, 0) is 15.8 Å². The molecule has 8 heteroatoms. The number of rotatable bonds is 9. The number of nitrogens with zero attached hydrogens (tertiary/aromatic N) is 1. The summed E-state index contributed by atoms with van der Waals surface area (Å²) >= 11 is 0. The molecular weight excluding hydrogens is 294 g/mol. The van der Waals surface area contributed by atoms with Crippen LogP contribution in [0.15, 0.2) is 24.3 Å². The predicted octanol–water partition coefficient (Wildman–Crippen LogP) is 1.16. The van der Waals surface area contributed by atoms with E-state index in [4.69, 9.17) is 0 Å². The van der Waals surface area contributed by atoms with Crippen LogP contribution in [0.25, 0.3) is 0 Å². The molecule has 2 rings (SSSR count). The molecule has 2 N–H and O–H groups in total. The quantitative estimate of drug-likeness (QED) is 0.405. The van der Waals surface area contributed by atoms with Crippen molar-refractivity contribution < 1.29 is 13.3 Å². The molecule has 116 valence electrons. The van der Waals surface area contributed by atoms with Crippen molar-refractivity contribution in [2.24, 2.45) is 0 Å². The summed E-state index contributed by atoms with van der Waals surface area (Å²) in [6, 6.07) is 6.49. The summed E-state index contributed by atoms with van der Waals surface area (Å²) in [4.78, 5) is 10.3. The van der Waals surface area contributed by atoms with Gasteiger partial charge in [0.1, 0.15) is 0 Å². The van der Waals surface area contributed by atoms with Gasteiger partial charge >= 0.3 is 0 Å². The number of benzene rings is 1. The van der Waals surface area contributed by atoms with Gasteiger partial charge in [-0.15, -0.1) is 0 Å². The molecule has 1 fully saturated rings. The van der Waals surface area contributed by atoms with Crippen molar-refractivity contribution in [2.75, 3.05) is 13.1 Å². The number of nitro groups is 1. The monoisotopic (exact) mass is 313 g/mol. The van der Waals surface area contributed by atoms with Gasteiger partial charge in [0.25, 0.3) is 5.69 Å². The molecule has 21 heavy (non-hydrogen) atoms. The molecule has 1 aliphatic carbocycles. The fourth-order valence-corrected chi connectivity index (χ4v) is 3.19. The number of para-hydroxylation sites is 1. The molecule has 0 atom stereocenters. The lowest BCUT2D eigenvalue weighted by Crippen LogP contribution is -2.29. The van der Waals surface area contributed by atoms with Crippen molar-refractivity contribution in [2.45, 2.75) is 31.1 Å². The largest absolute Gasteiger partial charge is 0.314 e. The van der Waals surface area contributed by atoms with Crippen LogP contribution in [0.3, 0.4) is 0 Å². The molecule has 0 aliphatic heterocycles. The van der Waals surface area contributed by atoms with E-state index in [1.54, 1.807) is 6.07 Å². The SMILES string of the molecule is O=[N+]([O-])c1ccccc1CS(=O)(=O)NCCCNC1CC1. The number of nitrogens with one attached hydrogen (secondary N) is 2. The Morgan fingerprint density at radius 3 is 2.62 bits per heavy atom. The van der Waals surface area contributed by atoms with E-state index in [0.717, 1.165) is 6.54 Å². The zero-order valence-electron chi connectivity index (χ0n) is 11.6.